The van der Waals surface area contributed by atoms with Gasteiger partial charge in [0.15, 0.2) is 0 Å². The largest absolute Gasteiger partial charge is 0.443 e. The van der Waals surface area contributed by atoms with Crippen LogP contribution in [0.5, 0.6) is 0 Å². The average Bonchev–Trinajstić information content (AvgIpc) is 3.00. The highest BCUT2D eigenvalue weighted by Gasteiger charge is 2.34. The van der Waals surface area contributed by atoms with Crippen LogP contribution < -0.4 is 0 Å². The van der Waals surface area contributed by atoms with E-state index < -0.39 is 12.2 Å². The van der Waals surface area contributed by atoms with Gasteiger partial charge in [-0.25, -0.2) is 4.79 Å². The fraction of sp³-hybridized carbons (Fsp3) is 0.500. The Bertz CT molecular complexity index is 454. The van der Waals surface area contributed by atoms with E-state index in [1.165, 1.54) is 0 Å². The molecule has 1 aromatic rings. The van der Waals surface area contributed by atoms with Crippen LogP contribution in [0.2, 0.25) is 0 Å². The number of nitrogens with zero attached hydrogens (tertiary/aromatic N) is 1. The second-order valence-corrected chi connectivity index (χ2v) is 4.96. The van der Waals surface area contributed by atoms with Crippen LogP contribution in [0.4, 0.5) is 4.79 Å². The zero-order valence-corrected chi connectivity index (χ0v) is 10.2. The first-order valence-electron chi connectivity index (χ1n) is 6.47. The second kappa shape index (κ2) is 4.61. The quantitative estimate of drug-likeness (QED) is 0.824. The summed E-state index contributed by atoms with van der Waals surface area (Å²) in [5.74, 6) is 0. The van der Waals surface area contributed by atoms with E-state index in [9.17, 15) is 9.90 Å². The first kappa shape index (κ1) is 11.5. The Morgan fingerprint density at radius 1 is 1.28 bits per heavy atom. The minimum Gasteiger partial charge on any atom is -0.443 e. The van der Waals surface area contributed by atoms with E-state index in [1.54, 1.807) is 4.90 Å². The van der Waals surface area contributed by atoms with E-state index in [1.807, 2.05) is 24.3 Å². The normalized spacial score (nSPS) is 26.2. The summed E-state index contributed by atoms with van der Waals surface area (Å²) in [5.41, 5.74) is 1.96. The number of carbonyl (C=O) groups excluding carboxylic acids is 1. The lowest BCUT2D eigenvalue weighted by atomic mass is 10.1. The molecule has 1 aliphatic carbocycles. The highest BCUT2D eigenvalue weighted by molar-refractivity contribution is 5.68. The lowest BCUT2D eigenvalue weighted by molar-refractivity contribution is -0.000260. The molecule has 0 aromatic heterocycles. The Morgan fingerprint density at radius 3 is 2.72 bits per heavy atom. The van der Waals surface area contributed by atoms with E-state index in [-0.39, 0.29) is 6.09 Å². The number of aliphatic hydroxyl groups is 1. The lowest BCUT2D eigenvalue weighted by Gasteiger charge is -2.21. The molecular weight excluding hydrogens is 230 g/mol. The maximum absolute atomic E-state index is 11.9. The second-order valence-electron chi connectivity index (χ2n) is 4.96. The van der Waals surface area contributed by atoms with Crippen molar-refractivity contribution < 1.29 is 14.6 Å². The van der Waals surface area contributed by atoms with Gasteiger partial charge in [0.1, 0.15) is 12.2 Å². The van der Waals surface area contributed by atoms with Crippen LogP contribution in [0.15, 0.2) is 24.3 Å². The molecule has 1 aromatic carbocycles. The fourth-order valence-corrected chi connectivity index (χ4v) is 2.75. The molecule has 2 atom stereocenters. The molecule has 0 bridgehead atoms. The Kier molecular flexibility index (Phi) is 2.96. The molecule has 2 unspecified atom stereocenters. The van der Waals surface area contributed by atoms with Gasteiger partial charge in [0.25, 0.3) is 0 Å². The molecule has 0 radical (unpaired) electrons. The highest BCUT2D eigenvalue weighted by atomic mass is 16.6. The summed E-state index contributed by atoms with van der Waals surface area (Å²) >= 11 is 0. The van der Waals surface area contributed by atoms with Crippen LogP contribution in [0.25, 0.3) is 0 Å². The van der Waals surface area contributed by atoms with E-state index in [2.05, 4.69) is 0 Å². The van der Waals surface area contributed by atoms with Gasteiger partial charge in [-0.05, 0) is 24.0 Å². The van der Waals surface area contributed by atoms with Crippen molar-refractivity contribution in [2.45, 2.75) is 31.5 Å². The first-order valence-corrected chi connectivity index (χ1v) is 6.47. The predicted octanol–water partition coefficient (Wildman–Crippen LogP) is 1.88. The van der Waals surface area contributed by atoms with Gasteiger partial charge < -0.3 is 14.7 Å². The van der Waals surface area contributed by atoms with Crippen molar-refractivity contribution in [2.75, 3.05) is 13.1 Å². The third-order valence-electron chi connectivity index (χ3n) is 3.76. The topological polar surface area (TPSA) is 49.8 Å². The molecule has 1 N–H and O–H groups in total. The number of benzene rings is 1. The molecule has 2 aliphatic rings. The van der Waals surface area contributed by atoms with Crippen LogP contribution in [0.3, 0.4) is 0 Å². The number of hydrogen-bond acceptors (Lipinski definition) is 3. The third-order valence-corrected chi connectivity index (χ3v) is 3.76. The number of likely N-dealkylation sites (tertiary alicyclic amines) is 1. The van der Waals surface area contributed by atoms with Crippen molar-refractivity contribution >= 4 is 6.09 Å². The van der Waals surface area contributed by atoms with Gasteiger partial charge in [-0.1, -0.05) is 24.3 Å². The van der Waals surface area contributed by atoms with Crippen molar-refractivity contribution in [1.82, 2.24) is 4.90 Å². The average molecular weight is 247 g/mol. The number of amides is 1. The standard InChI is InChI=1S/C14H17NO3/c16-13-11-6-2-1-5-10(11)9-12(13)18-14(17)15-7-3-4-8-15/h1-2,5-6,12-13,16H,3-4,7-9H2. The molecule has 0 spiro atoms. The first-order chi connectivity index (χ1) is 8.75. The van der Waals surface area contributed by atoms with Crippen molar-refractivity contribution in [3.63, 3.8) is 0 Å². The predicted molar refractivity (Wildman–Crippen MR) is 66.2 cm³/mol. The smallest absolute Gasteiger partial charge is 0.410 e. The van der Waals surface area contributed by atoms with Crippen LogP contribution in [-0.4, -0.2) is 35.3 Å². The Morgan fingerprint density at radius 2 is 2.00 bits per heavy atom. The minimum absolute atomic E-state index is 0.288. The zero-order valence-electron chi connectivity index (χ0n) is 10.2. The highest BCUT2D eigenvalue weighted by Crippen LogP contribution is 2.33. The summed E-state index contributed by atoms with van der Waals surface area (Å²) in [6, 6.07) is 7.70. The Hall–Kier alpha value is -1.55. The molecule has 1 amide bonds. The number of ether oxygens (including phenoxy) is 1. The molecular formula is C14H17NO3. The third kappa shape index (κ3) is 1.97. The summed E-state index contributed by atoms with van der Waals surface area (Å²) in [6.07, 6.45) is 1.29. The molecule has 4 heteroatoms. The van der Waals surface area contributed by atoms with Gasteiger partial charge in [-0.3, -0.25) is 0 Å². The summed E-state index contributed by atoms with van der Waals surface area (Å²) in [7, 11) is 0. The van der Waals surface area contributed by atoms with Crippen LogP contribution >= 0.6 is 0 Å². The molecule has 0 saturated carbocycles. The van der Waals surface area contributed by atoms with E-state index in [0.717, 1.165) is 37.1 Å². The fourth-order valence-electron chi connectivity index (χ4n) is 2.75. The summed E-state index contributed by atoms with van der Waals surface area (Å²) < 4.78 is 5.43. The van der Waals surface area contributed by atoms with Crippen LogP contribution in [0.1, 0.15) is 30.1 Å². The lowest BCUT2D eigenvalue weighted by Crippen LogP contribution is -2.33. The summed E-state index contributed by atoms with van der Waals surface area (Å²) in [6.45, 7) is 1.54. The molecule has 4 nitrogen and oxygen atoms in total. The van der Waals surface area contributed by atoms with Crippen molar-refractivity contribution in [2.24, 2.45) is 0 Å². The number of hydrogen-bond donors (Lipinski definition) is 1. The monoisotopic (exact) mass is 247 g/mol. The van der Waals surface area contributed by atoms with Gasteiger partial charge in [0.2, 0.25) is 0 Å². The van der Waals surface area contributed by atoms with Crippen molar-refractivity contribution in [1.29, 1.82) is 0 Å². The molecule has 1 aliphatic heterocycles. The maximum atomic E-state index is 11.9. The molecule has 3 rings (SSSR count). The maximum Gasteiger partial charge on any atom is 0.410 e. The minimum atomic E-state index is -0.687. The van der Waals surface area contributed by atoms with Crippen molar-refractivity contribution in [3.05, 3.63) is 35.4 Å². The van der Waals surface area contributed by atoms with E-state index in [0.29, 0.717) is 6.42 Å². The number of carbonyl (C=O) groups is 1. The molecule has 96 valence electrons. The summed E-state index contributed by atoms with van der Waals surface area (Å²) in [5, 5.41) is 10.1. The zero-order chi connectivity index (χ0) is 12.5. The molecule has 1 heterocycles. The number of aliphatic hydroxyl groups excluding tert-OH is 1. The molecule has 1 saturated heterocycles. The van der Waals surface area contributed by atoms with Gasteiger partial charge in [0.05, 0.1) is 0 Å². The Labute approximate surface area is 106 Å². The molecule has 18 heavy (non-hydrogen) atoms. The van der Waals surface area contributed by atoms with E-state index in [4.69, 9.17) is 4.74 Å². The van der Waals surface area contributed by atoms with Crippen LogP contribution in [0, 0.1) is 0 Å². The SMILES string of the molecule is O=C(OC1Cc2ccccc2C1O)N1CCCC1. The van der Waals surface area contributed by atoms with Gasteiger partial charge in [-0.2, -0.15) is 0 Å². The van der Waals surface area contributed by atoms with Crippen molar-refractivity contribution in [3.8, 4) is 0 Å². The van der Waals surface area contributed by atoms with Crippen LogP contribution in [-0.2, 0) is 11.2 Å². The van der Waals surface area contributed by atoms with Gasteiger partial charge >= 0.3 is 6.09 Å². The summed E-state index contributed by atoms with van der Waals surface area (Å²) in [4.78, 5) is 13.6. The molecule has 1 fully saturated rings. The van der Waals surface area contributed by atoms with E-state index >= 15 is 0 Å². The van der Waals surface area contributed by atoms with Gasteiger partial charge in [0, 0.05) is 19.5 Å². The van der Waals surface area contributed by atoms with Gasteiger partial charge in [-0.15, -0.1) is 0 Å². The Balaban J connectivity index is 1.67. The number of rotatable bonds is 1. The number of fused-ring (bicyclic) bond motifs is 1.